The van der Waals surface area contributed by atoms with Crippen LogP contribution in [0.25, 0.3) is 0 Å². The van der Waals surface area contributed by atoms with Crippen LogP contribution < -0.4 is 4.74 Å². The van der Waals surface area contributed by atoms with Gasteiger partial charge in [0.05, 0.1) is 32.0 Å². The Morgan fingerprint density at radius 1 is 0.882 bits per heavy atom. The summed E-state index contributed by atoms with van der Waals surface area (Å²) >= 11 is 0. The van der Waals surface area contributed by atoms with E-state index in [-0.39, 0.29) is 28.4 Å². The second kappa shape index (κ2) is 12.3. The van der Waals surface area contributed by atoms with Gasteiger partial charge in [-0.1, -0.05) is 53.7 Å². The molecule has 0 aliphatic carbocycles. The van der Waals surface area contributed by atoms with Crippen LogP contribution in [-0.4, -0.2) is 48.3 Å². The summed E-state index contributed by atoms with van der Waals surface area (Å²) < 4.78 is 25.2. The van der Waals surface area contributed by atoms with Crippen LogP contribution in [0.4, 0.5) is 0 Å². The fourth-order valence-electron chi connectivity index (χ4n) is 3.14. The minimum absolute atomic E-state index is 0.0754. The van der Waals surface area contributed by atoms with E-state index in [9.17, 15) is 4.79 Å². The molecule has 0 unspecified atom stereocenters. The Labute approximate surface area is 211 Å². The van der Waals surface area contributed by atoms with Crippen LogP contribution >= 0.6 is 0 Å². The first-order valence-corrected chi connectivity index (χ1v) is 18.3. The summed E-state index contributed by atoms with van der Waals surface area (Å²) in [4.78, 5) is 11.5. The van der Waals surface area contributed by atoms with Gasteiger partial charge in [0, 0.05) is 12.8 Å². The van der Waals surface area contributed by atoms with Gasteiger partial charge in [0.25, 0.3) is 0 Å². The number of benzene rings is 1. The number of carbonyl (C=O) groups excluding carboxylic acids is 1. The van der Waals surface area contributed by atoms with Gasteiger partial charge >= 0.3 is 0 Å². The molecule has 7 heteroatoms. The van der Waals surface area contributed by atoms with E-state index in [2.05, 4.69) is 74.7 Å². The molecule has 0 heterocycles. The number of methoxy groups -OCH3 is 1. The van der Waals surface area contributed by atoms with Crippen molar-refractivity contribution in [2.24, 2.45) is 0 Å². The van der Waals surface area contributed by atoms with Crippen molar-refractivity contribution in [3.05, 3.63) is 29.8 Å². The van der Waals surface area contributed by atoms with Gasteiger partial charge in [0.15, 0.2) is 16.6 Å². The Hall–Kier alpha value is -0.996. The molecule has 0 bridgehead atoms. The summed E-state index contributed by atoms with van der Waals surface area (Å²) in [6, 6.07) is 7.82. The van der Waals surface area contributed by atoms with E-state index in [1.807, 2.05) is 24.3 Å². The monoisotopic (exact) mass is 510 g/mol. The molecular weight excluding hydrogens is 460 g/mol. The van der Waals surface area contributed by atoms with E-state index < -0.39 is 16.6 Å². The Morgan fingerprint density at radius 3 is 1.82 bits per heavy atom. The number of hydrogen-bond donors (Lipinski definition) is 0. The molecule has 1 aromatic rings. The largest absolute Gasteiger partial charge is 0.497 e. The molecule has 3 atom stereocenters. The van der Waals surface area contributed by atoms with Crippen molar-refractivity contribution in [3.8, 4) is 5.75 Å². The molecule has 0 aliphatic heterocycles. The molecule has 1 aromatic carbocycles. The maximum Gasteiger partial charge on any atom is 0.192 e. The third-order valence-electron chi connectivity index (χ3n) is 7.56. The van der Waals surface area contributed by atoms with Crippen LogP contribution in [0.5, 0.6) is 5.75 Å². The van der Waals surface area contributed by atoms with Gasteiger partial charge in [0.1, 0.15) is 12.0 Å². The Balaban J connectivity index is 3.09. The Kier molecular flexibility index (Phi) is 11.2. The second-order valence-corrected chi connectivity index (χ2v) is 21.9. The van der Waals surface area contributed by atoms with Crippen LogP contribution in [0.15, 0.2) is 24.3 Å². The molecule has 0 saturated heterocycles. The predicted octanol–water partition coefficient (Wildman–Crippen LogP) is 7.36. The zero-order valence-corrected chi connectivity index (χ0v) is 25.8. The van der Waals surface area contributed by atoms with Gasteiger partial charge < -0.3 is 23.1 Å². The van der Waals surface area contributed by atoms with E-state index in [0.29, 0.717) is 19.4 Å². The van der Waals surface area contributed by atoms with Crippen LogP contribution in [0.3, 0.4) is 0 Å². The third-order valence-corrected chi connectivity index (χ3v) is 16.6. The molecule has 0 N–H and O–H groups in total. The van der Waals surface area contributed by atoms with Gasteiger partial charge in [0.2, 0.25) is 0 Å². The molecule has 0 aliphatic rings. The molecule has 0 aromatic heterocycles. The summed E-state index contributed by atoms with van der Waals surface area (Å²) in [5, 5.41) is 0.182. The highest BCUT2D eigenvalue weighted by Gasteiger charge is 2.44. The van der Waals surface area contributed by atoms with Crippen molar-refractivity contribution in [3.63, 3.8) is 0 Å². The van der Waals surface area contributed by atoms with Crippen LogP contribution in [0, 0.1) is 0 Å². The van der Waals surface area contributed by atoms with E-state index in [4.69, 9.17) is 18.3 Å². The number of ether oxygens (including phenoxy) is 2. The summed E-state index contributed by atoms with van der Waals surface area (Å²) in [5.74, 6) is 0.813. The molecule has 0 amide bonds. The lowest BCUT2D eigenvalue weighted by Crippen LogP contribution is -2.51. The molecule has 0 spiro atoms. The smallest absolute Gasteiger partial charge is 0.192 e. The normalized spacial score (nSPS) is 16.1. The van der Waals surface area contributed by atoms with Crippen molar-refractivity contribution < 1.29 is 23.1 Å². The van der Waals surface area contributed by atoms with Gasteiger partial charge in [-0.25, -0.2) is 0 Å². The van der Waals surface area contributed by atoms with Crippen molar-refractivity contribution in [2.45, 2.75) is 122 Å². The predicted molar refractivity (Wildman–Crippen MR) is 147 cm³/mol. The second-order valence-electron chi connectivity index (χ2n) is 12.4. The lowest BCUT2D eigenvalue weighted by atomic mass is 10.1. The van der Waals surface area contributed by atoms with Crippen LogP contribution in [-0.2, 0) is 25.0 Å². The van der Waals surface area contributed by atoms with Crippen LogP contribution in [0.2, 0.25) is 36.3 Å². The lowest BCUT2D eigenvalue weighted by molar-refractivity contribution is -0.111. The third kappa shape index (κ3) is 9.23. The highest BCUT2D eigenvalue weighted by Crippen LogP contribution is 2.41. The quantitative estimate of drug-likeness (QED) is 0.205. The van der Waals surface area contributed by atoms with Gasteiger partial charge in [-0.2, -0.15) is 0 Å². The number of rotatable bonds is 13. The zero-order valence-electron chi connectivity index (χ0n) is 23.8. The summed E-state index contributed by atoms with van der Waals surface area (Å²) in [5.41, 5.74) is 1.05. The maximum atomic E-state index is 11.5. The molecule has 196 valence electrons. The molecule has 1 rings (SSSR count). The molecule has 0 saturated carbocycles. The van der Waals surface area contributed by atoms with Crippen molar-refractivity contribution in [2.75, 3.05) is 7.11 Å². The fraction of sp³-hybridized carbons (Fsp3) is 0.741. The van der Waals surface area contributed by atoms with Crippen molar-refractivity contribution in [1.29, 1.82) is 0 Å². The maximum absolute atomic E-state index is 11.5. The average molecular weight is 511 g/mol. The molecule has 5 nitrogen and oxygen atoms in total. The highest BCUT2D eigenvalue weighted by molar-refractivity contribution is 6.74. The number of carbonyl (C=O) groups is 1. The van der Waals surface area contributed by atoms with Gasteiger partial charge in [-0.15, -0.1) is 0 Å². The zero-order chi connectivity index (χ0) is 26.4. The van der Waals surface area contributed by atoms with E-state index >= 15 is 0 Å². The molecule has 0 radical (unpaired) electrons. The standard InChI is InChI=1S/C27H50O5Si2/c1-21(31-33(9,10)26(2,3)4)25(32-34(11,12)27(5,6)7)19-24(17-18-28)30-20-22-13-15-23(29-8)16-14-22/h13-16,18,21,24-25H,17,19-20H2,1-12H3/t21-,24+,25-/m1/s1. The van der Waals surface area contributed by atoms with E-state index in [1.165, 1.54) is 0 Å². The average Bonchev–Trinajstić information content (AvgIpc) is 2.69. The summed E-state index contributed by atoms with van der Waals surface area (Å²) in [6.45, 7) is 25.2. The number of aldehydes is 1. The topological polar surface area (TPSA) is 54.0 Å². The first-order valence-electron chi connectivity index (χ1n) is 12.5. The lowest BCUT2D eigenvalue weighted by Gasteiger charge is -2.45. The Bertz CT molecular complexity index is 748. The summed E-state index contributed by atoms with van der Waals surface area (Å²) in [7, 11) is -2.40. The van der Waals surface area contributed by atoms with Crippen molar-refractivity contribution in [1.82, 2.24) is 0 Å². The highest BCUT2D eigenvalue weighted by atomic mass is 28.4. The van der Waals surface area contributed by atoms with Crippen LogP contribution in [0.1, 0.15) is 66.9 Å². The van der Waals surface area contributed by atoms with E-state index in [1.54, 1.807) is 7.11 Å². The first-order chi connectivity index (χ1) is 15.4. The number of hydrogen-bond acceptors (Lipinski definition) is 5. The minimum Gasteiger partial charge on any atom is -0.497 e. The first kappa shape index (κ1) is 31.0. The fourth-order valence-corrected chi connectivity index (χ4v) is 5.98. The molecule has 0 fully saturated rings. The molecule has 34 heavy (non-hydrogen) atoms. The van der Waals surface area contributed by atoms with Gasteiger partial charge in [-0.05, 0) is 60.9 Å². The van der Waals surface area contributed by atoms with Gasteiger partial charge in [-0.3, -0.25) is 0 Å². The Morgan fingerprint density at radius 2 is 1.38 bits per heavy atom. The van der Waals surface area contributed by atoms with E-state index in [0.717, 1.165) is 17.6 Å². The van der Waals surface area contributed by atoms with Crippen molar-refractivity contribution >= 4 is 22.9 Å². The SMILES string of the molecule is COc1ccc(CO[C@@H](CC=O)C[C@@H](O[Si](C)(C)C(C)(C)C)[C@@H](C)O[Si](C)(C)C(C)(C)C)cc1. The molecular formula is C27H50O5Si2. The minimum atomic E-state index is -2.06. The summed E-state index contributed by atoms with van der Waals surface area (Å²) in [6.07, 6.45) is 1.43.